The van der Waals surface area contributed by atoms with Gasteiger partial charge in [0.15, 0.2) is 0 Å². The first-order valence-corrected chi connectivity index (χ1v) is 3.62. The van der Waals surface area contributed by atoms with Crippen molar-refractivity contribution in [2.75, 3.05) is 7.05 Å². The van der Waals surface area contributed by atoms with Gasteiger partial charge in [-0.15, -0.1) is 0 Å². The van der Waals surface area contributed by atoms with Crippen molar-refractivity contribution >= 4 is 5.97 Å². The lowest BCUT2D eigenvalue weighted by Gasteiger charge is -1.94. The smallest absolute Gasteiger partial charge is 0.371 e. The summed E-state index contributed by atoms with van der Waals surface area (Å²) in [6.45, 7) is 2.38. The van der Waals surface area contributed by atoms with E-state index < -0.39 is 5.97 Å². The molecule has 0 saturated heterocycles. The number of carboxylic acid groups (broad SMARTS) is 1. The van der Waals surface area contributed by atoms with Gasteiger partial charge >= 0.3 is 5.97 Å². The molecule has 0 aliphatic carbocycles. The van der Waals surface area contributed by atoms with E-state index in [-0.39, 0.29) is 5.76 Å². The topological polar surface area (TPSA) is 62.5 Å². The fourth-order valence-corrected chi connectivity index (χ4v) is 0.961. The number of carbonyl (C=O) groups is 1. The summed E-state index contributed by atoms with van der Waals surface area (Å²) in [5, 5.41) is 11.5. The van der Waals surface area contributed by atoms with Gasteiger partial charge < -0.3 is 14.8 Å². The van der Waals surface area contributed by atoms with E-state index in [4.69, 9.17) is 9.52 Å². The Morgan fingerprint density at radius 2 is 2.42 bits per heavy atom. The zero-order valence-electron chi connectivity index (χ0n) is 7.05. The lowest BCUT2D eigenvalue weighted by Crippen LogP contribution is -2.04. The van der Waals surface area contributed by atoms with Gasteiger partial charge in [-0.05, 0) is 25.6 Å². The van der Waals surface area contributed by atoms with Crippen LogP contribution in [0.1, 0.15) is 21.9 Å². The van der Waals surface area contributed by atoms with E-state index in [0.29, 0.717) is 12.3 Å². The van der Waals surface area contributed by atoms with E-state index in [2.05, 4.69) is 5.32 Å². The van der Waals surface area contributed by atoms with Crippen molar-refractivity contribution in [3.05, 3.63) is 23.2 Å². The molecule has 4 heteroatoms. The molecule has 0 aliphatic rings. The molecule has 0 radical (unpaired) electrons. The minimum Gasteiger partial charge on any atom is -0.475 e. The van der Waals surface area contributed by atoms with Crippen molar-refractivity contribution in [1.82, 2.24) is 5.32 Å². The molecule has 0 aliphatic heterocycles. The van der Waals surface area contributed by atoms with Gasteiger partial charge in [0.1, 0.15) is 5.76 Å². The lowest BCUT2D eigenvalue weighted by molar-refractivity contribution is 0.0660. The van der Waals surface area contributed by atoms with Crippen molar-refractivity contribution in [1.29, 1.82) is 0 Å². The second-order valence-electron chi connectivity index (χ2n) is 2.55. The van der Waals surface area contributed by atoms with Gasteiger partial charge in [0, 0.05) is 0 Å². The number of rotatable bonds is 3. The van der Waals surface area contributed by atoms with Crippen LogP contribution >= 0.6 is 0 Å². The van der Waals surface area contributed by atoms with Crippen molar-refractivity contribution < 1.29 is 14.3 Å². The van der Waals surface area contributed by atoms with Crippen molar-refractivity contribution in [2.45, 2.75) is 13.5 Å². The monoisotopic (exact) mass is 169 g/mol. The van der Waals surface area contributed by atoms with Gasteiger partial charge in [-0.1, -0.05) is 0 Å². The fraction of sp³-hybridized carbons (Fsp3) is 0.375. The maximum Gasteiger partial charge on any atom is 0.371 e. The number of nitrogens with one attached hydrogen (secondary N) is 1. The molecular weight excluding hydrogens is 158 g/mol. The van der Waals surface area contributed by atoms with Crippen LogP contribution in [-0.2, 0) is 6.54 Å². The largest absolute Gasteiger partial charge is 0.475 e. The Hall–Kier alpha value is -1.29. The Bertz CT molecular complexity index is 290. The molecule has 0 aromatic carbocycles. The van der Waals surface area contributed by atoms with Crippen LogP contribution in [0.4, 0.5) is 0 Å². The molecular formula is C8H11NO3. The van der Waals surface area contributed by atoms with Crippen LogP contribution in [-0.4, -0.2) is 18.1 Å². The highest BCUT2D eigenvalue weighted by atomic mass is 16.4. The SMILES string of the molecule is CNCc1oc(C(=O)O)cc1C. The van der Waals surface area contributed by atoms with Gasteiger partial charge in [-0.3, -0.25) is 0 Å². The van der Waals surface area contributed by atoms with Crippen molar-refractivity contribution in [3.63, 3.8) is 0 Å². The quantitative estimate of drug-likeness (QED) is 0.708. The Morgan fingerprint density at radius 3 is 2.83 bits per heavy atom. The van der Waals surface area contributed by atoms with Crippen LogP contribution in [0.25, 0.3) is 0 Å². The summed E-state index contributed by atoms with van der Waals surface area (Å²) in [4.78, 5) is 10.5. The molecule has 0 amide bonds. The first-order chi connectivity index (χ1) is 5.65. The predicted molar refractivity (Wildman–Crippen MR) is 43.2 cm³/mol. The van der Waals surface area contributed by atoms with Crippen LogP contribution in [0.5, 0.6) is 0 Å². The van der Waals surface area contributed by atoms with Crippen LogP contribution in [0.15, 0.2) is 10.5 Å². The van der Waals surface area contributed by atoms with Gasteiger partial charge in [0.2, 0.25) is 5.76 Å². The highest BCUT2D eigenvalue weighted by molar-refractivity contribution is 5.84. The Balaban J connectivity index is 2.92. The third-order valence-electron chi connectivity index (χ3n) is 1.57. The van der Waals surface area contributed by atoms with Gasteiger partial charge in [0.05, 0.1) is 6.54 Å². The summed E-state index contributed by atoms with van der Waals surface area (Å²) in [5.74, 6) is -0.354. The minimum atomic E-state index is -1.03. The third-order valence-corrected chi connectivity index (χ3v) is 1.57. The molecule has 1 rings (SSSR count). The second-order valence-corrected chi connectivity index (χ2v) is 2.55. The molecule has 2 N–H and O–H groups in total. The lowest BCUT2D eigenvalue weighted by atomic mass is 10.2. The normalized spacial score (nSPS) is 10.2. The van der Waals surface area contributed by atoms with E-state index in [1.54, 1.807) is 7.05 Å². The summed E-state index contributed by atoms with van der Waals surface area (Å²) < 4.78 is 5.05. The molecule has 0 bridgehead atoms. The van der Waals surface area contributed by atoms with Crippen molar-refractivity contribution in [3.8, 4) is 0 Å². The number of hydrogen-bond acceptors (Lipinski definition) is 3. The van der Waals surface area contributed by atoms with Gasteiger partial charge in [-0.25, -0.2) is 4.79 Å². The van der Waals surface area contributed by atoms with Crippen LogP contribution in [0.2, 0.25) is 0 Å². The number of carboxylic acids is 1. The molecule has 1 aromatic rings. The number of aromatic carboxylic acids is 1. The fourth-order valence-electron chi connectivity index (χ4n) is 0.961. The number of furan rings is 1. The average molecular weight is 169 g/mol. The van der Waals surface area contributed by atoms with Crippen LogP contribution < -0.4 is 5.32 Å². The number of hydrogen-bond donors (Lipinski definition) is 2. The van der Waals surface area contributed by atoms with E-state index in [1.807, 2.05) is 6.92 Å². The van der Waals surface area contributed by atoms with Crippen LogP contribution in [0, 0.1) is 6.92 Å². The Kier molecular flexibility index (Phi) is 2.50. The van der Waals surface area contributed by atoms with Gasteiger partial charge in [0.25, 0.3) is 0 Å². The van der Waals surface area contributed by atoms with E-state index >= 15 is 0 Å². The molecule has 4 nitrogen and oxygen atoms in total. The predicted octanol–water partition coefficient (Wildman–Crippen LogP) is 1.01. The molecule has 66 valence electrons. The molecule has 0 saturated carbocycles. The second kappa shape index (κ2) is 3.40. The first kappa shape index (κ1) is 8.80. The van der Waals surface area contributed by atoms with Crippen molar-refractivity contribution in [2.24, 2.45) is 0 Å². The summed E-state index contributed by atoms with van der Waals surface area (Å²) in [5.41, 5.74) is 0.863. The van der Waals surface area contributed by atoms with E-state index in [0.717, 1.165) is 5.56 Å². The highest BCUT2D eigenvalue weighted by Gasteiger charge is 2.11. The molecule has 12 heavy (non-hydrogen) atoms. The molecule has 0 atom stereocenters. The van der Waals surface area contributed by atoms with Gasteiger partial charge in [-0.2, -0.15) is 0 Å². The standard InChI is InChI=1S/C8H11NO3/c1-5-3-6(8(10)11)12-7(5)4-9-2/h3,9H,4H2,1-2H3,(H,10,11). The number of aryl methyl sites for hydroxylation is 1. The molecule has 1 heterocycles. The highest BCUT2D eigenvalue weighted by Crippen LogP contribution is 2.13. The van der Waals surface area contributed by atoms with Crippen LogP contribution in [0.3, 0.4) is 0 Å². The summed E-state index contributed by atoms with van der Waals surface area (Å²) in [6, 6.07) is 1.52. The first-order valence-electron chi connectivity index (χ1n) is 3.62. The third kappa shape index (κ3) is 1.65. The average Bonchev–Trinajstić information content (AvgIpc) is 2.34. The summed E-state index contributed by atoms with van der Waals surface area (Å²) in [7, 11) is 1.78. The molecule has 1 aromatic heterocycles. The Morgan fingerprint density at radius 1 is 1.75 bits per heavy atom. The molecule has 0 spiro atoms. The van der Waals surface area contributed by atoms with E-state index in [9.17, 15) is 4.79 Å². The Labute approximate surface area is 70.2 Å². The van der Waals surface area contributed by atoms with E-state index in [1.165, 1.54) is 6.07 Å². The maximum atomic E-state index is 10.5. The minimum absolute atomic E-state index is 0.00208. The maximum absolute atomic E-state index is 10.5. The summed E-state index contributed by atoms with van der Waals surface area (Å²) >= 11 is 0. The zero-order chi connectivity index (χ0) is 9.14. The molecule has 0 unspecified atom stereocenters. The zero-order valence-corrected chi connectivity index (χ0v) is 7.05. The molecule has 0 fully saturated rings. The summed E-state index contributed by atoms with van der Waals surface area (Å²) in [6.07, 6.45) is 0.